The van der Waals surface area contributed by atoms with Crippen molar-refractivity contribution in [3.05, 3.63) is 11.8 Å². The molecule has 0 saturated heterocycles. The molecule has 0 aromatic carbocycles. The van der Waals surface area contributed by atoms with E-state index in [9.17, 15) is 9.90 Å². The number of ether oxygens (including phenoxy) is 2. The number of thioether (sulfide) groups is 1. The summed E-state index contributed by atoms with van der Waals surface area (Å²) in [5, 5.41) is 10.1. The van der Waals surface area contributed by atoms with E-state index in [2.05, 4.69) is 9.97 Å². The van der Waals surface area contributed by atoms with Gasteiger partial charge in [0, 0.05) is 11.9 Å². The molecule has 0 aliphatic rings. The second-order valence-electron chi connectivity index (χ2n) is 4.52. The maximum absolute atomic E-state index is 11.5. The number of rotatable bonds is 8. The normalized spacial score (nSPS) is 12.4. The molecular weight excluding hydrogens is 294 g/mol. The van der Waals surface area contributed by atoms with Crippen LogP contribution in [0.1, 0.15) is 31.1 Å². The van der Waals surface area contributed by atoms with Crippen molar-refractivity contribution < 1.29 is 19.4 Å². The maximum Gasteiger partial charge on any atom is 0.343 e. The van der Waals surface area contributed by atoms with E-state index in [0.29, 0.717) is 10.9 Å². The first-order valence-corrected chi connectivity index (χ1v) is 7.64. The summed E-state index contributed by atoms with van der Waals surface area (Å²) in [7, 11) is 0. The van der Waals surface area contributed by atoms with Crippen LogP contribution >= 0.6 is 11.8 Å². The lowest BCUT2D eigenvalue weighted by Crippen LogP contribution is -2.20. The third kappa shape index (κ3) is 6.28. The molecule has 0 radical (unpaired) electrons. The Kier molecular flexibility index (Phi) is 7.41. The third-order valence-corrected chi connectivity index (χ3v) is 3.32. The Morgan fingerprint density at radius 1 is 1.52 bits per heavy atom. The Morgan fingerprint density at radius 3 is 2.81 bits per heavy atom. The molecule has 8 heteroatoms. The van der Waals surface area contributed by atoms with E-state index in [4.69, 9.17) is 15.2 Å². The number of esters is 1. The smallest absolute Gasteiger partial charge is 0.343 e. The number of nitrogens with zero attached hydrogens (tertiary/aromatic N) is 2. The monoisotopic (exact) mass is 315 g/mol. The second-order valence-corrected chi connectivity index (χ2v) is 5.51. The quantitative estimate of drug-likeness (QED) is 0.417. The lowest BCUT2D eigenvalue weighted by Gasteiger charge is -2.12. The number of aromatic nitrogens is 2. The van der Waals surface area contributed by atoms with Gasteiger partial charge in [-0.2, -0.15) is 0 Å². The van der Waals surface area contributed by atoms with Crippen LogP contribution in [0.2, 0.25) is 0 Å². The van der Waals surface area contributed by atoms with Crippen molar-refractivity contribution in [3.63, 3.8) is 0 Å². The number of nitrogen functional groups attached to an aromatic ring is 1. The topological polar surface area (TPSA) is 108 Å². The molecule has 1 rings (SSSR count). The van der Waals surface area contributed by atoms with Crippen LogP contribution in [0.4, 0.5) is 5.82 Å². The van der Waals surface area contributed by atoms with Crippen LogP contribution < -0.4 is 5.73 Å². The van der Waals surface area contributed by atoms with Gasteiger partial charge in [-0.05, 0) is 20.8 Å². The van der Waals surface area contributed by atoms with Crippen molar-refractivity contribution in [2.45, 2.75) is 38.1 Å². The number of nitrogens with two attached hydrogens (primary N) is 1. The Balaban J connectivity index is 2.54. The molecule has 0 aliphatic heterocycles. The predicted octanol–water partition coefficient (Wildman–Crippen LogP) is 1.11. The molecule has 1 atom stereocenters. The first kappa shape index (κ1) is 17.7. The molecule has 118 valence electrons. The average molecular weight is 315 g/mol. The van der Waals surface area contributed by atoms with Gasteiger partial charge in [-0.1, -0.05) is 11.8 Å². The molecule has 1 unspecified atom stereocenters. The average Bonchev–Trinajstić information content (AvgIpc) is 2.43. The van der Waals surface area contributed by atoms with Gasteiger partial charge < -0.3 is 20.3 Å². The number of aliphatic hydroxyl groups excluding tert-OH is 1. The number of hydrogen-bond acceptors (Lipinski definition) is 8. The van der Waals surface area contributed by atoms with Gasteiger partial charge in [-0.15, -0.1) is 0 Å². The van der Waals surface area contributed by atoms with Crippen molar-refractivity contribution in [1.29, 1.82) is 0 Å². The Bertz CT molecular complexity index is 471. The minimum atomic E-state index is -0.619. The molecule has 0 spiro atoms. The standard InChI is InChI=1S/C13H21N3O4S/c1-4-19-12(18)10-5-15-13(16-11(10)14)21-7-9(17)6-20-8(2)3/h5,8-9,17H,4,6-7H2,1-3H3,(H2,14,15,16). The van der Waals surface area contributed by atoms with E-state index < -0.39 is 12.1 Å². The molecular formula is C13H21N3O4S. The highest BCUT2D eigenvalue weighted by atomic mass is 32.2. The minimum Gasteiger partial charge on any atom is -0.462 e. The van der Waals surface area contributed by atoms with Crippen molar-refractivity contribution in [3.8, 4) is 0 Å². The van der Waals surface area contributed by atoms with Crippen LogP contribution in [0.15, 0.2) is 11.4 Å². The largest absolute Gasteiger partial charge is 0.462 e. The molecule has 0 aliphatic carbocycles. The van der Waals surface area contributed by atoms with E-state index in [1.165, 1.54) is 18.0 Å². The van der Waals surface area contributed by atoms with E-state index >= 15 is 0 Å². The molecule has 3 N–H and O–H groups in total. The molecule has 0 amide bonds. The molecule has 1 aromatic rings. The zero-order valence-electron chi connectivity index (χ0n) is 12.4. The van der Waals surface area contributed by atoms with Crippen LogP contribution in [-0.4, -0.2) is 52.2 Å². The molecule has 21 heavy (non-hydrogen) atoms. The van der Waals surface area contributed by atoms with Gasteiger partial charge in [0.05, 0.1) is 25.4 Å². The van der Waals surface area contributed by atoms with E-state index in [-0.39, 0.29) is 30.7 Å². The van der Waals surface area contributed by atoms with E-state index in [1.54, 1.807) is 6.92 Å². The fraction of sp³-hybridized carbons (Fsp3) is 0.615. The van der Waals surface area contributed by atoms with Gasteiger partial charge in [0.15, 0.2) is 5.16 Å². The fourth-order valence-electron chi connectivity index (χ4n) is 1.34. The number of carbonyl (C=O) groups excluding carboxylic acids is 1. The number of anilines is 1. The SMILES string of the molecule is CCOC(=O)c1cnc(SCC(O)COC(C)C)nc1N. The zero-order chi connectivity index (χ0) is 15.8. The molecule has 1 heterocycles. The Labute approximate surface area is 128 Å². The first-order chi connectivity index (χ1) is 9.93. The van der Waals surface area contributed by atoms with Crippen LogP contribution in [0.25, 0.3) is 0 Å². The summed E-state index contributed by atoms with van der Waals surface area (Å²) in [6, 6.07) is 0. The fourth-order valence-corrected chi connectivity index (χ4v) is 2.06. The van der Waals surface area contributed by atoms with Gasteiger partial charge in [0.1, 0.15) is 11.4 Å². The van der Waals surface area contributed by atoms with Crippen LogP contribution in [0, 0.1) is 0 Å². The molecule has 0 bridgehead atoms. The van der Waals surface area contributed by atoms with Gasteiger partial charge in [-0.3, -0.25) is 0 Å². The molecule has 0 saturated carbocycles. The highest BCUT2D eigenvalue weighted by Crippen LogP contribution is 2.18. The highest BCUT2D eigenvalue weighted by molar-refractivity contribution is 7.99. The summed E-state index contributed by atoms with van der Waals surface area (Å²) in [5.74, 6) is -0.0962. The van der Waals surface area contributed by atoms with E-state index in [0.717, 1.165) is 0 Å². The van der Waals surface area contributed by atoms with Gasteiger partial charge in [-0.25, -0.2) is 14.8 Å². The lowest BCUT2D eigenvalue weighted by atomic mass is 10.3. The van der Waals surface area contributed by atoms with Crippen LogP contribution in [0.5, 0.6) is 0 Å². The summed E-state index contributed by atoms with van der Waals surface area (Å²) in [5.41, 5.74) is 5.85. The molecule has 0 fully saturated rings. The van der Waals surface area contributed by atoms with Gasteiger partial charge >= 0.3 is 5.97 Å². The summed E-state index contributed by atoms with van der Waals surface area (Å²) in [6.07, 6.45) is 0.784. The number of aliphatic hydroxyl groups is 1. The van der Waals surface area contributed by atoms with Crippen LogP contribution in [-0.2, 0) is 9.47 Å². The van der Waals surface area contributed by atoms with Crippen molar-refractivity contribution in [2.75, 3.05) is 24.7 Å². The lowest BCUT2D eigenvalue weighted by molar-refractivity contribution is 0.0152. The van der Waals surface area contributed by atoms with Crippen molar-refractivity contribution in [1.82, 2.24) is 9.97 Å². The Hall–Kier alpha value is -1.38. The van der Waals surface area contributed by atoms with Gasteiger partial charge in [0.25, 0.3) is 0 Å². The predicted molar refractivity (Wildman–Crippen MR) is 80.2 cm³/mol. The number of carbonyl (C=O) groups is 1. The molecule has 1 aromatic heterocycles. The Morgan fingerprint density at radius 2 is 2.24 bits per heavy atom. The van der Waals surface area contributed by atoms with Crippen molar-refractivity contribution in [2.24, 2.45) is 0 Å². The first-order valence-electron chi connectivity index (χ1n) is 6.66. The maximum atomic E-state index is 11.5. The summed E-state index contributed by atoms with van der Waals surface area (Å²) < 4.78 is 10.1. The summed E-state index contributed by atoms with van der Waals surface area (Å²) in [4.78, 5) is 19.6. The van der Waals surface area contributed by atoms with Gasteiger partial charge in [0.2, 0.25) is 0 Å². The summed E-state index contributed by atoms with van der Waals surface area (Å²) >= 11 is 1.24. The number of hydrogen-bond donors (Lipinski definition) is 2. The van der Waals surface area contributed by atoms with E-state index in [1.807, 2.05) is 13.8 Å². The van der Waals surface area contributed by atoms with Crippen molar-refractivity contribution >= 4 is 23.5 Å². The summed E-state index contributed by atoms with van der Waals surface area (Å²) in [6.45, 7) is 6.02. The molecule has 7 nitrogen and oxygen atoms in total. The second kappa shape index (κ2) is 8.81. The zero-order valence-corrected chi connectivity index (χ0v) is 13.2. The third-order valence-electron chi connectivity index (χ3n) is 2.32. The minimum absolute atomic E-state index is 0.0684. The highest BCUT2D eigenvalue weighted by Gasteiger charge is 2.14. The van der Waals surface area contributed by atoms with Crippen LogP contribution in [0.3, 0.4) is 0 Å².